The van der Waals surface area contributed by atoms with Crippen LogP contribution >= 0.6 is 0 Å². The van der Waals surface area contributed by atoms with Gasteiger partial charge in [0, 0.05) is 29.6 Å². The van der Waals surface area contributed by atoms with Crippen LogP contribution < -0.4 is 14.8 Å². The summed E-state index contributed by atoms with van der Waals surface area (Å²) in [5.41, 5.74) is 3.76. The molecule has 0 aliphatic carbocycles. The average molecular weight is 482 g/mol. The Morgan fingerprint density at radius 2 is 1.67 bits per heavy atom. The molecule has 0 fully saturated rings. The number of fused-ring (bicyclic) bond motifs is 2. The Balaban J connectivity index is 1.42. The summed E-state index contributed by atoms with van der Waals surface area (Å²) in [6.07, 6.45) is 0.710. The Morgan fingerprint density at radius 3 is 2.50 bits per heavy atom. The minimum absolute atomic E-state index is 0.0224. The first kappa shape index (κ1) is 23.9. The first-order valence-electron chi connectivity index (χ1n) is 12.3. The van der Waals surface area contributed by atoms with E-state index < -0.39 is 5.97 Å². The fourth-order valence-electron chi connectivity index (χ4n) is 5.29. The van der Waals surface area contributed by atoms with Crippen LogP contribution in [0.4, 0.5) is 0 Å². The van der Waals surface area contributed by atoms with Gasteiger partial charge in [-0.25, -0.2) is 4.79 Å². The monoisotopic (exact) mass is 481 g/mol. The van der Waals surface area contributed by atoms with E-state index in [0.717, 1.165) is 23.3 Å². The molecule has 4 aromatic carbocycles. The quantitative estimate of drug-likeness (QED) is 0.315. The molecule has 1 heterocycles. The Kier molecular flexibility index (Phi) is 6.92. The molecule has 0 radical (unpaired) electrons. The van der Waals surface area contributed by atoms with Crippen molar-refractivity contribution in [2.24, 2.45) is 0 Å². The Morgan fingerprint density at radius 1 is 0.944 bits per heavy atom. The van der Waals surface area contributed by atoms with Gasteiger partial charge in [0.15, 0.2) is 0 Å². The number of benzene rings is 4. The molecule has 1 unspecified atom stereocenters. The zero-order valence-electron chi connectivity index (χ0n) is 20.9. The molecule has 1 aliphatic rings. The molecule has 3 atom stereocenters. The Hall–Kier alpha value is -3.83. The summed E-state index contributed by atoms with van der Waals surface area (Å²) in [5.74, 6) is 1.04. The van der Waals surface area contributed by atoms with E-state index >= 15 is 0 Å². The molecule has 36 heavy (non-hydrogen) atoms. The molecule has 0 aromatic heterocycles. The molecule has 5 nitrogen and oxygen atoms in total. The molecular formula is C31H31NO4. The third kappa shape index (κ3) is 4.54. The van der Waals surface area contributed by atoms with Crippen molar-refractivity contribution in [2.45, 2.75) is 31.4 Å². The van der Waals surface area contributed by atoms with Crippen LogP contribution in [0.3, 0.4) is 0 Å². The summed E-state index contributed by atoms with van der Waals surface area (Å²) in [6.45, 7) is 2.88. The lowest BCUT2D eigenvalue weighted by atomic mass is 9.83. The fourth-order valence-corrected chi connectivity index (χ4v) is 5.29. The normalized spacial score (nSPS) is 17.6. The summed E-state index contributed by atoms with van der Waals surface area (Å²) >= 11 is 0. The zero-order chi connectivity index (χ0) is 25.1. The van der Waals surface area contributed by atoms with Gasteiger partial charge in [-0.3, -0.25) is 0 Å². The number of esters is 1. The molecule has 1 aliphatic heterocycles. The highest BCUT2D eigenvalue weighted by Gasteiger charge is 2.32. The van der Waals surface area contributed by atoms with E-state index in [1.807, 2.05) is 30.3 Å². The van der Waals surface area contributed by atoms with Crippen molar-refractivity contribution >= 4 is 16.7 Å². The van der Waals surface area contributed by atoms with Crippen molar-refractivity contribution in [3.05, 3.63) is 107 Å². The van der Waals surface area contributed by atoms with E-state index in [0.29, 0.717) is 17.9 Å². The van der Waals surface area contributed by atoms with Gasteiger partial charge in [-0.15, -0.1) is 0 Å². The van der Waals surface area contributed by atoms with Gasteiger partial charge in [-0.05, 0) is 41.8 Å². The summed E-state index contributed by atoms with van der Waals surface area (Å²) in [7, 11) is 2.98. The summed E-state index contributed by atoms with van der Waals surface area (Å²) in [4.78, 5) is 12.4. The number of carbonyl (C=O) groups excluding carboxylic acids is 1. The average Bonchev–Trinajstić information content (AvgIpc) is 2.94. The van der Waals surface area contributed by atoms with E-state index in [2.05, 4.69) is 60.8 Å². The first-order chi connectivity index (χ1) is 17.6. The minimum atomic E-state index is -0.406. The van der Waals surface area contributed by atoms with Gasteiger partial charge < -0.3 is 19.5 Å². The van der Waals surface area contributed by atoms with Crippen LogP contribution in [0.25, 0.3) is 10.8 Å². The number of para-hydroxylation sites is 2. The van der Waals surface area contributed by atoms with Crippen molar-refractivity contribution in [3.63, 3.8) is 0 Å². The standard InChI is InChI=1S/C31H31NO4/c1-20(23-14-8-11-21-10-4-5-12-24(21)23)32-19-22-18-28(25-13-6-7-17-29(25)36-22)26-15-9-16-27(30(26)34-2)31(33)35-3/h4-17,20,22,28,32H,18-19H2,1-3H3/t20?,22-,28-/m1/s1. The number of ether oxygens (including phenoxy) is 3. The van der Waals surface area contributed by atoms with E-state index in [1.54, 1.807) is 13.2 Å². The van der Waals surface area contributed by atoms with E-state index in [9.17, 15) is 4.79 Å². The van der Waals surface area contributed by atoms with Gasteiger partial charge >= 0.3 is 5.97 Å². The van der Waals surface area contributed by atoms with Crippen molar-refractivity contribution in [1.82, 2.24) is 5.32 Å². The van der Waals surface area contributed by atoms with Gasteiger partial charge in [-0.2, -0.15) is 0 Å². The largest absolute Gasteiger partial charge is 0.496 e. The smallest absolute Gasteiger partial charge is 0.341 e. The van der Waals surface area contributed by atoms with E-state index in [4.69, 9.17) is 14.2 Å². The maximum Gasteiger partial charge on any atom is 0.341 e. The molecule has 4 aromatic rings. The summed E-state index contributed by atoms with van der Waals surface area (Å²) < 4.78 is 17.2. The van der Waals surface area contributed by atoms with E-state index in [1.165, 1.54) is 23.4 Å². The number of nitrogens with one attached hydrogen (secondary N) is 1. The molecule has 0 saturated carbocycles. The van der Waals surface area contributed by atoms with Crippen LogP contribution in [0, 0.1) is 0 Å². The summed E-state index contributed by atoms with van der Waals surface area (Å²) in [6, 6.07) is 28.8. The lowest BCUT2D eigenvalue weighted by Gasteiger charge is -2.34. The van der Waals surface area contributed by atoms with Crippen molar-refractivity contribution in [2.75, 3.05) is 20.8 Å². The maximum absolute atomic E-state index is 12.4. The lowest BCUT2D eigenvalue weighted by Crippen LogP contribution is -2.37. The van der Waals surface area contributed by atoms with Gasteiger partial charge in [0.1, 0.15) is 23.2 Å². The number of methoxy groups -OCH3 is 2. The van der Waals surface area contributed by atoms with Gasteiger partial charge in [0.05, 0.1) is 14.2 Å². The minimum Gasteiger partial charge on any atom is -0.496 e. The SMILES string of the molecule is COC(=O)c1cccc([C@@H]2C[C@H](CNC(C)c3cccc4ccccc34)Oc3ccccc32)c1OC. The third-order valence-corrected chi connectivity index (χ3v) is 7.06. The summed E-state index contributed by atoms with van der Waals surface area (Å²) in [5, 5.41) is 6.20. The molecule has 0 saturated heterocycles. The highest BCUT2D eigenvalue weighted by molar-refractivity contribution is 5.93. The fraction of sp³-hybridized carbons (Fsp3) is 0.258. The molecule has 0 spiro atoms. The molecule has 5 rings (SSSR count). The van der Waals surface area contributed by atoms with Crippen molar-refractivity contribution in [1.29, 1.82) is 0 Å². The number of carbonyl (C=O) groups is 1. The topological polar surface area (TPSA) is 56.8 Å². The van der Waals surface area contributed by atoms with Crippen molar-refractivity contribution < 1.29 is 19.0 Å². The van der Waals surface area contributed by atoms with Crippen LogP contribution in [-0.2, 0) is 4.74 Å². The highest BCUT2D eigenvalue weighted by atomic mass is 16.5. The van der Waals surface area contributed by atoms with Gasteiger partial charge in [0.25, 0.3) is 0 Å². The second-order valence-electron chi connectivity index (χ2n) is 9.18. The molecule has 0 amide bonds. The molecule has 5 heteroatoms. The maximum atomic E-state index is 12.4. The number of hydrogen-bond acceptors (Lipinski definition) is 5. The van der Waals surface area contributed by atoms with Crippen LogP contribution in [0.1, 0.15) is 52.4 Å². The predicted octanol–water partition coefficient (Wildman–Crippen LogP) is 6.27. The zero-order valence-corrected chi connectivity index (χ0v) is 20.9. The van der Waals surface area contributed by atoms with Crippen LogP contribution in [0.2, 0.25) is 0 Å². The second-order valence-corrected chi connectivity index (χ2v) is 9.18. The third-order valence-electron chi connectivity index (χ3n) is 7.06. The van der Waals surface area contributed by atoms with Crippen LogP contribution in [0.15, 0.2) is 84.9 Å². The van der Waals surface area contributed by atoms with Gasteiger partial charge in [0.2, 0.25) is 0 Å². The molecule has 0 bridgehead atoms. The van der Waals surface area contributed by atoms with Gasteiger partial charge in [-0.1, -0.05) is 72.8 Å². The molecule has 1 N–H and O–H groups in total. The Labute approximate surface area is 212 Å². The van der Waals surface area contributed by atoms with Crippen molar-refractivity contribution in [3.8, 4) is 11.5 Å². The molecular weight excluding hydrogens is 450 g/mol. The molecule has 184 valence electrons. The highest BCUT2D eigenvalue weighted by Crippen LogP contribution is 2.44. The Bertz CT molecular complexity index is 1380. The predicted molar refractivity (Wildman–Crippen MR) is 142 cm³/mol. The van der Waals surface area contributed by atoms with E-state index in [-0.39, 0.29) is 18.1 Å². The van der Waals surface area contributed by atoms with Crippen LogP contribution in [0.5, 0.6) is 11.5 Å². The number of hydrogen-bond donors (Lipinski definition) is 1. The number of rotatable bonds is 7. The lowest BCUT2D eigenvalue weighted by molar-refractivity contribution is 0.0596. The first-order valence-corrected chi connectivity index (χ1v) is 12.3. The second kappa shape index (κ2) is 10.4. The van der Waals surface area contributed by atoms with Crippen LogP contribution in [-0.4, -0.2) is 32.8 Å².